The van der Waals surface area contributed by atoms with Crippen LogP contribution in [0.15, 0.2) is 18.2 Å². The van der Waals surface area contributed by atoms with Crippen molar-refractivity contribution in [3.63, 3.8) is 0 Å². The maximum atomic E-state index is 8.81. The first-order valence-electron chi connectivity index (χ1n) is 7.28. The summed E-state index contributed by atoms with van der Waals surface area (Å²) in [6, 6.07) is 6.52. The van der Waals surface area contributed by atoms with E-state index in [1.54, 1.807) is 7.11 Å². The van der Waals surface area contributed by atoms with E-state index in [1.165, 1.54) is 5.75 Å². The molecule has 114 valence electrons. The highest BCUT2D eigenvalue weighted by Crippen LogP contribution is 2.28. The van der Waals surface area contributed by atoms with Crippen molar-refractivity contribution in [3.8, 4) is 17.6 Å². The van der Waals surface area contributed by atoms with E-state index >= 15 is 0 Å². The molecule has 1 saturated heterocycles. The Morgan fingerprint density at radius 2 is 2.24 bits per heavy atom. The lowest BCUT2D eigenvalue weighted by atomic mass is 10.1. The summed E-state index contributed by atoms with van der Waals surface area (Å²) in [5, 5.41) is 9.47. The van der Waals surface area contributed by atoms with Gasteiger partial charge in [0.1, 0.15) is 12.4 Å². The van der Waals surface area contributed by atoms with Crippen LogP contribution in [-0.2, 0) is 6.54 Å². The van der Waals surface area contributed by atoms with E-state index in [9.17, 15) is 0 Å². The molecule has 1 aromatic rings. The molecule has 1 fully saturated rings. The van der Waals surface area contributed by atoms with Crippen LogP contribution in [0.25, 0.3) is 0 Å². The Morgan fingerprint density at radius 3 is 2.95 bits per heavy atom. The van der Waals surface area contributed by atoms with Crippen molar-refractivity contribution in [3.05, 3.63) is 29.3 Å². The molecule has 1 aliphatic rings. The smallest absolute Gasteiger partial charge is 0.123 e. The van der Waals surface area contributed by atoms with Gasteiger partial charge in [-0.05, 0) is 25.1 Å². The van der Waals surface area contributed by atoms with Crippen LogP contribution in [0, 0.1) is 11.8 Å². The first kappa shape index (κ1) is 16.2. The highest BCUT2D eigenvalue weighted by Gasteiger charge is 2.25. The number of nitrogens with zero attached hydrogens (tertiary/aromatic N) is 1. The molecule has 0 spiro atoms. The second kappa shape index (κ2) is 7.74. The predicted octanol–water partition coefficient (Wildman–Crippen LogP) is 2.36. The average Bonchev–Trinajstić information content (AvgIpc) is 2.50. The third kappa shape index (κ3) is 4.16. The maximum Gasteiger partial charge on any atom is 0.123 e. The van der Waals surface area contributed by atoms with Gasteiger partial charge in [-0.2, -0.15) is 11.8 Å². The number of ether oxygens (including phenoxy) is 1. The zero-order valence-electron chi connectivity index (χ0n) is 12.9. The maximum absolute atomic E-state index is 8.81. The van der Waals surface area contributed by atoms with E-state index in [0.717, 1.165) is 30.0 Å². The summed E-state index contributed by atoms with van der Waals surface area (Å²) >= 11 is 2.04. The van der Waals surface area contributed by atoms with Gasteiger partial charge in [0.25, 0.3) is 0 Å². The molecule has 2 unspecified atom stereocenters. The van der Waals surface area contributed by atoms with Gasteiger partial charge in [-0.15, -0.1) is 0 Å². The molecule has 0 saturated carbocycles. The quantitative estimate of drug-likeness (QED) is 0.869. The number of thioether (sulfide) groups is 1. The number of hydrogen-bond donors (Lipinski definition) is 1. The molecule has 3 nitrogen and oxygen atoms in total. The zero-order chi connectivity index (χ0) is 15.2. The van der Waals surface area contributed by atoms with Gasteiger partial charge in [-0.1, -0.05) is 18.8 Å². The van der Waals surface area contributed by atoms with Crippen molar-refractivity contribution in [1.29, 1.82) is 0 Å². The van der Waals surface area contributed by atoms with E-state index < -0.39 is 0 Å². The van der Waals surface area contributed by atoms with Crippen LogP contribution in [0.2, 0.25) is 0 Å². The van der Waals surface area contributed by atoms with E-state index in [2.05, 4.69) is 36.7 Å². The van der Waals surface area contributed by atoms with Crippen LogP contribution < -0.4 is 4.74 Å². The first-order chi connectivity index (χ1) is 10.2. The molecule has 2 rings (SSSR count). The molecule has 1 N–H and O–H groups in total. The summed E-state index contributed by atoms with van der Waals surface area (Å²) in [5.74, 6) is 7.75. The van der Waals surface area contributed by atoms with Gasteiger partial charge in [-0.25, -0.2) is 0 Å². The highest BCUT2D eigenvalue weighted by molar-refractivity contribution is 8.00. The van der Waals surface area contributed by atoms with Crippen LogP contribution in [-0.4, -0.2) is 47.3 Å². The fourth-order valence-electron chi connectivity index (χ4n) is 2.56. The third-order valence-corrected chi connectivity index (χ3v) is 5.32. The van der Waals surface area contributed by atoms with E-state index in [0.29, 0.717) is 11.3 Å². The molecule has 4 heteroatoms. The van der Waals surface area contributed by atoms with Crippen molar-refractivity contribution in [2.75, 3.05) is 26.0 Å². The second-order valence-electron chi connectivity index (χ2n) is 5.27. The number of benzene rings is 1. The number of hydrogen-bond acceptors (Lipinski definition) is 4. The van der Waals surface area contributed by atoms with Crippen LogP contribution in [0.3, 0.4) is 0 Å². The van der Waals surface area contributed by atoms with Gasteiger partial charge in [0.2, 0.25) is 0 Å². The molecular weight excluding hydrogens is 282 g/mol. The van der Waals surface area contributed by atoms with E-state index in [-0.39, 0.29) is 6.61 Å². The third-order valence-electron chi connectivity index (χ3n) is 3.98. The Hall–Kier alpha value is -1.15. The van der Waals surface area contributed by atoms with Crippen molar-refractivity contribution in [2.45, 2.75) is 31.7 Å². The lowest BCUT2D eigenvalue weighted by molar-refractivity contribution is 0.202. The fourth-order valence-corrected chi connectivity index (χ4v) is 3.72. The predicted molar refractivity (Wildman–Crippen MR) is 88.7 cm³/mol. The van der Waals surface area contributed by atoms with Gasteiger partial charge in [0.15, 0.2) is 0 Å². The van der Waals surface area contributed by atoms with Crippen molar-refractivity contribution < 1.29 is 9.84 Å². The standard InChI is InChI=1S/C17H23NO2S/c1-13-14(2)21-10-8-18(13)12-16-11-15(5-4-9-19)6-7-17(16)20-3/h6-7,11,13-14,19H,8-10,12H2,1-3H3. The lowest BCUT2D eigenvalue weighted by Gasteiger charge is -2.37. The van der Waals surface area contributed by atoms with Crippen LogP contribution in [0.4, 0.5) is 0 Å². The minimum absolute atomic E-state index is 0.112. The molecule has 1 aliphatic heterocycles. The largest absolute Gasteiger partial charge is 0.496 e. The molecule has 0 aromatic heterocycles. The summed E-state index contributed by atoms with van der Waals surface area (Å²) in [7, 11) is 1.70. The number of aliphatic hydroxyl groups excluding tert-OH is 1. The van der Waals surface area contributed by atoms with Crippen molar-refractivity contribution in [2.24, 2.45) is 0 Å². The summed E-state index contributed by atoms with van der Waals surface area (Å²) in [4.78, 5) is 2.50. The Morgan fingerprint density at radius 1 is 1.43 bits per heavy atom. The molecular formula is C17H23NO2S. The SMILES string of the molecule is COc1ccc(C#CCO)cc1CN1CCSC(C)C1C. The molecule has 0 aliphatic carbocycles. The van der Waals surface area contributed by atoms with E-state index in [1.807, 2.05) is 23.9 Å². The lowest BCUT2D eigenvalue weighted by Crippen LogP contribution is -2.44. The Bertz CT molecular complexity index is 535. The van der Waals surface area contributed by atoms with Gasteiger partial charge >= 0.3 is 0 Å². The number of methoxy groups -OCH3 is 1. The number of aliphatic hydroxyl groups is 1. The molecule has 0 bridgehead atoms. The average molecular weight is 305 g/mol. The van der Waals surface area contributed by atoms with Crippen LogP contribution in [0.1, 0.15) is 25.0 Å². The van der Waals surface area contributed by atoms with Gasteiger partial charge < -0.3 is 9.84 Å². The molecule has 1 aromatic carbocycles. The van der Waals surface area contributed by atoms with Crippen molar-refractivity contribution >= 4 is 11.8 Å². The topological polar surface area (TPSA) is 32.7 Å². The van der Waals surface area contributed by atoms with Gasteiger partial charge in [-0.3, -0.25) is 4.90 Å². The highest BCUT2D eigenvalue weighted by atomic mass is 32.2. The summed E-state index contributed by atoms with van der Waals surface area (Å²) in [5.41, 5.74) is 2.08. The molecule has 0 radical (unpaired) electrons. The minimum atomic E-state index is -0.112. The molecule has 1 heterocycles. The van der Waals surface area contributed by atoms with Gasteiger partial charge in [0.05, 0.1) is 7.11 Å². The Balaban J connectivity index is 2.20. The fraction of sp³-hybridized carbons (Fsp3) is 0.529. The summed E-state index contributed by atoms with van der Waals surface area (Å²) < 4.78 is 5.48. The monoisotopic (exact) mass is 305 g/mol. The first-order valence-corrected chi connectivity index (χ1v) is 8.33. The summed E-state index contributed by atoms with van der Waals surface area (Å²) in [6.45, 7) is 6.45. The Kier molecular flexibility index (Phi) is 5.98. The molecule has 2 atom stereocenters. The Labute approximate surface area is 131 Å². The van der Waals surface area contributed by atoms with Crippen LogP contribution >= 0.6 is 11.8 Å². The van der Waals surface area contributed by atoms with E-state index in [4.69, 9.17) is 9.84 Å². The summed E-state index contributed by atoms with van der Waals surface area (Å²) in [6.07, 6.45) is 0. The normalized spacial score (nSPS) is 22.5. The molecule has 0 amide bonds. The van der Waals surface area contributed by atoms with Crippen molar-refractivity contribution in [1.82, 2.24) is 4.90 Å². The van der Waals surface area contributed by atoms with Gasteiger partial charge in [0, 0.05) is 41.3 Å². The zero-order valence-corrected chi connectivity index (χ0v) is 13.7. The molecule has 21 heavy (non-hydrogen) atoms. The second-order valence-corrected chi connectivity index (χ2v) is 6.76. The minimum Gasteiger partial charge on any atom is -0.496 e. The van der Waals surface area contributed by atoms with Crippen LogP contribution in [0.5, 0.6) is 5.75 Å². The number of rotatable bonds is 3.